The largest absolute Gasteiger partial charge is 0.457 e. The first kappa shape index (κ1) is 12.4. The predicted octanol–water partition coefficient (Wildman–Crippen LogP) is 2.67. The van der Waals surface area contributed by atoms with Crippen molar-refractivity contribution in [1.29, 1.82) is 0 Å². The van der Waals surface area contributed by atoms with E-state index in [0.717, 1.165) is 5.56 Å². The lowest BCUT2D eigenvalue weighted by atomic mass is 10.2. The Morgan fingerprint density at radius 3 is 2.94 bits per heavy atom. The van der Waals surface area contributed by atoms with Crippen LogP contribution in [0.2, 0.25) is 5.02 Å². The topological polar surface area (TPSA) is 65.2 Å². The molecule has 2 rings (SSSR count). The van der Waals surface area contributed by atoms with Crippen LogP contribution in [0.1, 0.15) is 15.9 Å². The van der Waals surface area contributed by atoms with Crippen molar-refractivity contribution in [2.75, 3.05) is 5.73 Å². The van der Waals surface area contributed by atoms with Crippen molar-refractivity contribution >= 4 is 23.3 Å². The number of nitrogen functional groups attached to an aromatic ring is 1. The van der Waals surface area contributed by atoms with Gasteiger partial charge in [-0.15, -0.1) is 0 Å². The number of halogens is 1. The summed E-state index contributed by atoms with van der Waals surface area (Å²) in [6, 6.07) is 8.65. The van der Waals surface area contributed by atoms with Gasteiger partial charge in [0.25, 0.3) is 0 Å². The van der Waals surface area contributed by atoms with E-state index in [1.54, 1.807) is 18.2 Å². The van der Waals surface area contributed by atoms with Crippen LogP contribution in [0, 0.1) is 0 Å². The molecule has 5 heteroatoms. The fraction of sp³-hybridized carbons (Fsp3) is 0.0769. The molecule has 2 N–H and O–H groups in total. The molecule has 18 heavy (non-hydrogen) atoms. The zero-order valence-electron chi connectivity index (χ0n) is 9.47. The number of nitrogens with zero attached hydrogens (tertiary/aromatic N) is 1. The Morgan fingerprint density at radius 1 is 1.39 bits per heavy atom. The molecule has 0 aliphatic carbocycles. The number of hydrogen-bond donors (Lipinski definition) is 1. The zero-order valence-corrected chi connectivity index (χ0v) is 10.2. The van der Waals surface area contributed by atoms with Crippen LogP contribution in [0.15, 0.2) is 42.7 Å². The molecule has 0 amide bonds. The second-order valence-electron chi connectivity index (χ2n) is 3.67. The Kier molecular flexibility index (Phi) is 3.79. The Hall–Kier alpha value is -2.07. The van der Waals surface area contributed by atoms with Crippen LogP contribution in [0.25, 0.3) is 0 Å². The van der Waals surface area contributed by atoms with Gasteiger partial charge in [0.15, 0.2) is 0 Å². The average molecular weight is 263 g/mol. The summed E-state index contributed by atoms with van der Waals surface area (Å²) in [7, 11) is 0. The van der Waals surface area contributed by atoms with Crippen LogP contribution >= 0.6 is 11.6 Å². The number of ether oxygens (including phenoxy) is 1. The van der Waals surface area contributed by atoms with E-state index in [0.29, 0.717) is 16.3 Å². The normalized spacial score (nSPS) is 10.1. The molecule has 92 valence electrons. The maximum absolute atomic E-state index is 11.8. The van der Waals surface area contributed by atoms with Crippen molar-refractivity contribution in [3.63, 3.8) is 0 Å². The lowest BCUT2D eigenvalue weighted by molar-refractivity contribution is 0.0474. The minimum atomic E-state index is -0.477. The Labute approximate surface area is 109 Å². The summed E-state index contributed by atoms with van der Waals surface area (Å²) in [5.41, 5.74) is 7.06. The molecular weight excluding hydrogens is 252 g/mol. The third-order valence-corrected chi connectivity index (χ3v) is 2.57. The fourth-order valence-electron chi connectivity index (χ4n) is 1.45. The third-order valence-electron chi connectivity index (χ3n) is 2.33. The maximum atomic E-state index is 11.8. The van der Waals surface area contributed by atoms with Crippen LogP contribution < -0.4 is 5.73 Å². The van der Waals surface area contributed by atoms with E-state index in [4.69, 9.17) is 22.1 Å². The first-order valence-electron chi connectivity index (χ1n) is 5.28. The minimum Gasteiger partial charge on any atom is -0.457 e. The number of esters is 1. The highest BCUT2D eigenvalue weighted by atomic mass is 35.5. The molecule has 0 fully saturated rings. The number of aromatic nitrogens is 1. The van der Waals surface area contributed by atoms with Gasteiger partial charge in [0, 0.05) is 11.2 Å². The summed E-state index contributed by atoms with van der Waals surface area (Å²) in [4.78, 5) is 15.6. The number of rotatable bonds is 3. The second-order valence-corrected chi connectivity index (χ2v) is 4.11. The van der Waals surface area contributed by atoms with Crippen LogP contribution in [-0.4, -0.2) is 11.0 Å². The van der Waals surface area contributed by atoms with Gasteiger partial charge in [0.1, 0.15) is 6.61 Å². The molecule has 0 spiro atoms. The van der Waals surface area contributed by atoms with Crippen LogP contribution in [-0.2, 0) is 11.3 Å². The standard InChI is InChI=1S/C13H11ClN2O2/c14-10-3-1-2-9(6-10)8-18-13(17)11-4-5-16-7-12(11)15/h1-7H,8,15H2. The first-order chi connectivity index (χ1) is 8.66. The Morgan fingerprint density at radius 2 is 2.22 bits per heavy atom. The summed E-state index contributed by atoms with van der Waals surface area (Å²) < 4.78 is 5.14. The van der Waals surface area contributed by atoms with Gasteiger partial charge in [-0.25, -0.2) is 4.79 Å². The molecule has 4 nitrogen and oxygen atoms in total. The molecule has 0 unspecified atom stereocenters. The lowest BCUT2D eigenvalue weighted by Crippen LogP contribution is -2.08. The maximum Gasteiger partial charge on any atom is 0.340 e. The molecule has 0 atom stereocenters. The number of pyridine rings is 1. The van der Waals surface area contributed by atoms with Crippen molar-refractivity contribution in [1.82, 2.24) is 4.98 Å². The number of nitrogens with two attached hydrogens (primary N) is 1. The summed E-state index contributed by atoms with van der Waals surface area (Å²) in [6.45, 7) is 0.154. The first-order valence-corrected chi connectivity index (χ1v) is 5.65. The van der Waals surface area contributed by atoms with E-state index >= 15 is 0 Å². The van der Waals surface area contributed by atoms with Gasteiger partial charge in [-0.2, -0.15) is 0 Å². The predicted molar refractivity (Wildman–Crippen MR) is 69.2 cm³/mol. The lowest BCUT2D eigenvalue weighted by Gasteiger charge is -2.06. The summed E-state index contributed by atoms with van der Waals surface area (Å²) in [6.07, 6.45) is 2.91. The van der Waals surface area contributed by atoms with Gasteiger partial charge in [-0.3, -0.25) is 4.98 Å². The molecule has 1 aromatic carbocycles. The Balaban J connectivity index is 2.03. The molecule has 0 bridgehead atoms. The highest BCUT2D eigenvalue weighted by Gasteiger charge is 2.10. The van der Waals surface area contributed by atoms with E-state index in [1.807, 2.05) is 6.07 Å². The zero-order chi connectivity index (χ0) is 13.0. The van der Waals surface area contributed by atoms with Crippen molar-refractivity contribution in [2.24, 2.45) is 0 Å². The van der Waals surface area contributed by atoms with Crippen molar-refractivity contribution in [3.05, 3.63) is 58.9 Å². The minimum absolute atomic E-state index is 0.154. The second kappa shape index (κ2) is 5.51. The summed E-state index contributed by atoms with van der Waals surface area (Å²) in [5.74, 6) is -0.477. The molecule has 0 saturated carbocycles. The van der Waals surface area contributed by atoms with E-state index in [-0.39, 0.29) is 6.61 Å². The van der Waals surface area contributed by atoms with E-state index in [2.05, 4.69) is 4.98 Å². The quantitative estimate of drug-likeness (QED) is 0.864. The highest BCUT2D eigenvalue weighted by Crippen LogP contribution is 2.14. The molecule has 0 radical (unpaired) electrons. The van der Waals surface area contributed by atoms with Crippen LogP contribution in [0.5, 0.6) is 0 Å². The molecule has 0 aliphatic rings. The number of carbonyl (C=O) groups is 1. The molecule has 1 heterocycles. The number of carbonyl (C=O) groups excluding carboxylic acids is 1. The number of hydrogen-bond acceptors (Lipinski definition) is 4. The molecule has 0 saturated heterocycles. The summed E-state index contributed by atoms with van der Waals surface area (Å²) >= 11 is 5.83. The molecular formula is C13H11ClN2O2. The smallest absolute Gasteiger partial charge is 0.340 e. The van der Waals surface area contributed by atoms with Crippen LogP contribution in [0.4, 0.5) is 5.69 Å². The van der Waals surface area contributed by atoms with Gasteiger partial charge in [0.05, 0.1) is 17.4 Å². The van der Waals surface area contributed by atoms with E-state index in [9.17, 15) is 4.79 Å². The van der Waals surface area contributed by atoms with E-state index in [1.165, 1.54) is 18.5 Å². The van der Waals surface area contributed by atoms with Crippen molar-refractivity contribution < 1.29 is 9.53 Å². The highest BCUT2D eigenvalue weighted by molar-refractivity contribution is 6.30. The fourth-order valence-corrected chi connectivity index (χ4v) is 1.66. The van der Waals surface area contributed by atoms with Crippen LogP contribution in [0.3, 0.4) is 0 Å². The van der Waals surface area contributed by atoms with Crippen molar-refractivity contribution in [3.8, 4) is 0 Å². The van der Waals surface area contributed by atoms with Gasteiger partial charge in [-0.05, 0) is 23.8 Å². The summed E-state index contributed by atoms with van der Waals surface area (Å²) in [5, 5.41) is 0.604. The van der Waals surface area contributed by atoms with Gasteiger partial charge in [0.2, 0.25) is 0 Å². The van der Waals surface area contributed by atoms with Gasteiger partial charge in [-0.1, -0.05) is 23.7 Å². The average Bonchev–Trinajstić information content (AvgIpc) is 2.37. The van der Waals surface area contributed by atoms with Gasteiger partial charge >= 0.3 is 5.97 Å². The Bertz CT molecular complexity index is 572. The van der Waals surface area contributed by atoms with Crippen molar-refractivity contribution in [2.45, 2.75) is 6.61 Å². The monoisotopic (exact) mass is 262 g/mol. The third kappa shape index (κ3) is 2.99. The van der Waals surface area contributed by atoms with E-state index < -0.39 is 5.97 Å². The molecule has 0 aliphatic heterocycles. The number of benzene rings is 1. The molecule has 2 aromatic rings. The SMILES string of the molecule is Nc1cnccc1C(=O)OCc1cccc(Cl)c1. The number of anilines is 1. The van der Waals surface area contributed by atoms with Gasteiger partial charge < -0.3 is 10.5 Å². The molecule has 1 aromatic heterocycles.